The van der Waals surface area contributed by atoms with Crippen LogP contribution in [0.15, 0.2) is 18.2 Å². The first-order valence-corrected chi connectivity index (χ1v) is 5.11. The maximum atomic E-state index is 10.9. The lowest BCUT2D eigenvalue weighted by Gasteiger charge is -2.08. The number of nitrogens with zero attached hydrogens (tertiary/aromatic N) is 4. The lowest BCUT2D eigenvalue weighted by atomic mass is 10.1. The molecule has 6 heteroatoms. The van der Waals surface area contributed by atoms with E-state index in [1.54, 1.807) is 13.1 Å². The molecule has 1 heterocycles. The average Bonchev–Trinajstić information content (AvgIpc) is 2.73. The van der Waals surface area contributed by atoms with Crippen molar-refractivity contribution in [1.29, 1.82) is 0 Å². The summed E-state index contributed by atoms with van der Waals surface area (Å²) in [5.41, 5.74) is 1.42. The van der Waals surface area contributed by atoms with Crippen molar-refractivity contribution >= 4 is 6.29 Å². The molecule has 0 aliphatic carbocycles. The number of aryl methyl sites for hydroxylation is 2. The number of carbonyl (C=O) groups excluding carboxylic acids is 1. The standard InChI is InChI=1S/C11H12N4O2/c1-8-4-3-5-9(6-16)11(8)17-7-10-12-14-15(2)13-10/h3-6H,7H2,1-2H3. The Kier molecular flexibility index (Phi) is 3.13. The molecular formula is C11H12N4O2. The SMILES string of the molecule is Cc1cccc(C=O)c1OCc1nnn(C)n1. The summed E-state index contributed by atoms with van der Waals surface area (Å²) < 4.78 is 5.55. The molecule has 0 bridgehead atoms. The predicted octanol–water partition coefficient (Wildman–Crippen LogP) is 0.910. The highest BCUT2D eigenvalue weighted by Crippen LogP contribution is 2.22. The zero-order chi connectivity index (χ0) is 12.3. The number of hydrogen-bond donors (Lipinski definition) is 0. The number of para-hydroxylation sites is 1. The fraction of sp³-hybridized carbons (Fsp3) is 0.273. The molecule has 0 unspecified atom stereocenters. The number of aromatic nitrogens is 4. The van der Waals surface area contributed by atoms with Gasteiger partial charge in [-0.05, 0) is 23.8 Å². The number of benzene rings is 1. The molecule has 1 aromatic carbocycles. The molecule has 0 radical (unpaired) electrons. The molecule has 2 rings (SSSR count). The summed E-state index contributed by atoms with van der Waals surface area (Å²) in [5.74, 6) is 1.04. The van der Waals surface area contributed by atoms with Crippen LogP contribution < -0.4 is 4.74 Å². The molecule has 1 aromatic heterocycles. The van der Waals surface area contributed by atoms with Gasteiger partial charge in [-0.2, -0.15) is 4.80 Å². The van der Waals surface area contributed by atoms with Gasteiger partial charge < -0.3 is 4.74 Å². The Hall–Kier alpha value is -2.24. The Labute approximate surface area is 98.2 Å². The molecular weight excluding hydrogens is 220 g/mol. The van der Waals surface area contributed by atoms with E-state index in [0.717, 1.165) is 11.8 Å². The first-order chi connectivity index (χ1) is 8.20. The van der Waals surface area contributed by atoms with Crippen molar-refractivity contribution < 1.29 is 9.53 Å². The van der Waals surface area contributed by atoms with E-state index in [1.165, 1.54) is 4.80 Å². The highest BCUT2D eigenvalue weighted by molar-refractivity contribution is 5.80. The fourth-order valence-corrected chi connectivity index (χ4v) is 1.48. The normalized spacial score (nSPS) is 10.2. The van der Waals surface area contributed by atoms with Crippen molar-refractivity contribution in [3.8, 4) is 5.75 Å². The maximum absolute atomic E-state index is 10.9. The van der Waals surface area contributed by atoms with Gasteiger partial charge in [0.05, 0.1) is 12.6 Å². The van der Waals surface area contributed by atoms with E-state index < -0.39 is 0 Å². The Morgan fingerprint density at radius 2 is 2.29 bits per heavy atom. The zero-order valence-corrected chi connectivity index (χ0v) is 9.62. The Balaban J connectivity index is 2.16. The van der Waals surface area contributed by atoms with Crippen LogP contribution >= 0.6 is 0 Å². The van der Waals surface area contributed by atoms with Crippen molar-refractivity contribution in [3.05, 3.63) is 35.2 Å². The first-order valence-electron chi connectivity index (χ1n) is 5.11. The van der Waals surface area contributed by atoms with Gasteiger partial charge in [-0.3, -0.25) is 4.79 Å². The lowest BCUT2D eigenvalue weighted by molar-refractivity contribution is 0.111. The summed E-state index contributed by atoms with van der Waals surface area (Å²) >= 11 is 0. The van der Waals surface area contributed by atoms with E-state index in [-0.39, 0.29) is 6.61 Å². The third-order valence-electron chi connectivity index (χ3n) is 2.26. The van der Waals surface area contributed by atoms with Crippen LogP contribution in [0.5, 0.6) is 5.75 Å². The molecule has 2 aromatic rings. The summed E-state index contributed by atoms with van der Waals surface area (Å²) in [6.07, 6.45) is 0.770. The summed E-state index contributed by atoms with van der Waals surface area (Å²) in [5, 5.41) is 11.5. The van der Waals surface area contributed by atoms with Crippen LogP contribution in [0.1, 0.15) is 21.7 Å². The largest absolute Gasteiger partial charge is 0.484 e. The highest BCUT2D eigenvalue weighted by Gasteiger charge is 2.08. The number of ether oxygens (including phenoxy) is 1. The number of carbonyl (C=O) groups is 1. The van der Waals surface area contributed by atoms with Crippen molar-refractivity contribution in [1.82, 2.24) is 20.2 Å². The van der Waals surface area contributed by atoms with Gasteiger partial charge in [0.25, 0.3) is 0 Å². The minimum atomic E-state index is 0.194. The van der Waals surface area contributed by atoms with Crippen molar-refractivity contribution in [2.45, 2.75) is 13.5 Å². The van der Waals surface area contributed by atoms with Crippen LogP contribution in [-0.4, -0.2) is 26.5 Å². The summed E-state index contributed by atoms with van der Waals surface area (Å²) in [6.45, 7) is 2.08. The molecule has 0 N–H and O–H groups in total. The van der Waals surface area contributed by atoms with E-state index >= 15 is 0 Å². The Morgan fingerprint density at radius 3 is 2.94 bits per heavy atom. The molecule has 0 spiro atoms. The van der Waals surface area contributed by atoms with Gasteiger partial charge in [0, 0.05) is 0 Å². The molecule has 88 valence electrons. The lowest BCUT2D eigenvalue weighted by Crippen LogP contribution is -2.02. The molecule has 0 atom stereocenters. The summed E-state index contributed by atoms with van der Waals surface area (Å²) in [4.78, 5) is 12.2. The first kappa shape index (κ1) is 11.3. The second-order valence-electron chi connectivity index (χ2n) is 3.59. The van der Waals surface area contributed by atoms with Crippen LogP contribution in [0.2, 0.25) is 0 Å². The number of tetrazole rings is 1. The average molecular weight is 232 g/mol. The quantitative estimate of drug-likeness (QED) is 0.733. The van der Waals surface area contributed by atoms with Crippen LogP contribution in [0, 0.1) is 6.92 Å². The van der Waals surface area contributed by atoms with Gasteiger partial charge in [0.2, 0.25) is 5.82 Å². The third kappa shape index (κ3) is 2.47. The smallest absolute Gasteiger partial charge is 0.212 e. The topological polar surface area (TPSA) is 69.9 Å². The Morgan fingerprint density at radius 1 is 1.47 bits per heavy atom. The van der Waals surface area contributed by atoms with Gasteiger partial charge in [-0.15, -0.1) is 10.2 Å². The molecule has 0 amide bonds. The monoisotopic (exact) mass is 232 g/mol. The van der Waals surface area contributed by atoms with Crippen molar-refractivity contribution in [2.75, 3.05) is 0 Å². The van der Waals surface area contributed by atoms with Crippen LogP contribution in [0.4, 0.5) is 0 Å². The molecule has 0 saturated heterocycles. The zero-order valence-electron chi connectivity index (χ0n) is 9.62. The van der Waals surface area contributed by atoms with Crippen molar-refractivity contribution in [2.24, 2.45) is 7.05 Å². The molecule has 17 heavy (non-hydrogen) atoms. The minimum Gasteiger partial charge on any atom is -0.484 e. The summed E-state index contributed by atoms with van der Waals surface area (Å²) in [7, 11) is 1.68. The van der Waals surface area contributed by atoms with E-state index in [2.05, 4.69) is 15.4 Å². The van der Waals surface area contributed by atoms with Gasteiger partial charge in [0.15, 0.2) is 12.9 Å². The number of rotatable bonds is 4. The van der Waals surface area contributed by atoms with E-state index in [9.17, 15) is 4.79 Å². The third-order valence-corrected chi connectivity index (χ3v) is 2.26. The molecule has 0 aliphatic heterocycles. The molecule has 0 saturated carbocycles. The molecule has 0 aliphatic rings. The van der Waals surface area contributed by atoms with E-state index in [1.807, 2.05) is 19.1 Å². The summed E-state index contributed by atoms with van der Waals surface area (Å²) in [6, 6.07) is 5.40. The maximum Gasteiger partial charge on any atom is 0.212 e. The highest BCUT2D eigenvalue weighted by atomic mass is 16.5. The molecule has 6 nitrogen and oxygen atoms in total. The minimum absolute atomic E-state index is 0.194. The van der Waals surface area contributed by atoms with Crippen LogP contribution in [0.3, 0.4) is 0 Å². The van der Waals surface area contributed by atoms with Crippen LogP contribution in [0.25, 0.3) is 0 Å². The van der Waals surface area contributed by atoms with Gasteiger partial charge in [-0.1, -0.05) is 12.1 Å². The Bertz CT molecular complexity index is 536. The molecule has 0 fully saturated rings. The fourth-order valence-electron chi connectivity index (χ4n) is 1.48. The van der Waals surface area contributed by atoms with Gasteiger partial charge in [0.1, 0.15) is 5.75 Å². The second kappa shape index (κ2) is 4.73. The second-order valence-corrected chi connectivity index (χ2v) is 3.59. The number of aldehydes is 1. The van der Waals surface area contributed by atoms with E-state index in [0.29, 0.717) is 17.1 Å². The van der Waals surface area contributed by atoms with Crippen LogP contribution in [-0.2, 0) is 13.7 Å². The van der Waals surface area contributed by atoms with Gasteiger partial charge >= 0.3 is 0 Å². The van der Waals surface area contributed by atoms with Crippen molar-refractivity contribution in [3.63, 3.8) is 0 Å². The van der Waals surface area contributed by atoms with Gasteiger partial charge in [-0.25, -0.2) is 0 Å². The number of hydrogen-bond acceptors (Lipinski definition) is 5. The van der Waals surface area contributed by atoms with E-state index in [4.69, 9.17) is 4.74 Å². The predicted molar refractivity (Wildman–Crippen MR) is 59.7 cm³/mol.